The van der Waals surface area contributed by atoms with E-state index in [-0.39, 0.29) is 11.8 Å². The highest BCUT2D eigenvalue weighted by Gasteiger charge is 2.38. The van der Waals surface area contributed by atoms with Gasteiger partial charge < -0.3 is 26.4 Å². The van der Waals surface area contributed by atoms with E-state index in [4.69, 9.17) is 5.73 Å². The van der Waals surface area contributed by atoms with Gasteiger partial charge in [-0.15, -0.1) is 0 Å². The van der Waals surface area contributed by atoms with Crippen molar-refractivity contribution in [1.82, 2.24) is 15.5 Å². The summed E-state index contributed by atoms with van der Waals surface area (Å²) < 4.78 is 0. The van der Waals surface area contributed by atoms with Crippen molar-refractivity contribution in [2.24, 2.45) is 11.7 Å². The largest absolute Gasteiger partial charge is 0.480 e. The fraction of sp³-hybridized carbons (Fsp3) is 0.778. The summed E-state index contributed by atoms with van der Waals surface area (Å²) in [7, 11) is 0. The summed E-state index contributed by atoms with van der Waals surface area (Å²) in [5.41, 5.74) is 5.82. The lowest BCUT2D eigenvalue weighted by Gasteiger charge is -2.29. The molecule has 0 aliphatic carbocycles. The number of nitrogens with one attached hydrogen (secondary N) is 2. The smallest absolute Gasteiger partial charge is 0.326 e. The van der Waals surface area contributed by atoms with Gasteiger partial charge in [0.25, 0.3) is 0 Å². The number of carboxylic acids is 1. The first-order valence-electron chi connectivity index (χ1n) is 9.48. The van der Waals surface area contributed by atoms with Crippen LogP contribution in [0.5, 0.6) is 0 Å². The number of nitrogens with two attached hydrogens (primary N) is 1. The van der Waals surface area contributed by atoms with E-state index in [0.717, 1.165) is 5.75 Å². The molecule has 4 atom stereocenters. The van der Waals surface area contributed by atoms with Crippen molar-refractivity contribution < 1.29 is 24.3 Å². The maximum Gasteiger partial charge on any atom is 0.326 e. The molecular weight excluding hydrogens is 384 g/mol. The number of carbonyl (C=O) groups is 4. The summed E-state index contributed by atoms with van der Waals surface area (Å²) in [6.07, 6.45) is 3.52. The van der Waals surface area contributed by atoms with Gasteiger partial charge in [-0.25, -0.2) is 4.79 Å². The molecule has 1 fully saturated rings. The lowest BCUT2D eigenvalue weighted by atomic mass is 10.0. The molecule has 1 aliphatic rings. The van der Waals surface area contributed by atoms with E-state index < -0.39 is 42.0 Å². The first-order valence-corrected chi connectivity index (χ1v) is 10.9. The first kappa shape index (κ1) is 24.2. The molecule has 1 saturated heterocycles. The number of hydrogen-bond donors (Lipinski definition) is 4. The average Bonchev–Trinajstić information content (AvgIpc) is 3.12. The SMILES string of the molecule is CSCCC(N)C(=O)NC(C)C(=O)N1CCCC1C(=O)NC(C(=O)O)C(C)C. The minimum atomic E-state index is -1.11. The molecule has 0 radical (unpaired) electrons. The summed E-state index contributed by atoms with van der Waals surface area (Å²) in [5.74, 6) is -1.92. The van der Waals surface area contributed by atoms with Crippen LogP contribution in [0.1, 0.15) is 40.0 Å². The highest BCUT2D eigenvalue weighted by atomic mass is 32.2. The maximum atomic E-state index is 12.8. The Morgan fingerprint density at radius 2 is 1.86 bits per heavy atom. The number of likely N-dealkylation sites (tertiary alicyclic amines) is 1. The first-order chi connectivity index (χ1) is 13.1. The minimum Gasteiger partial charge on any atom is -0.480 e. The molecule has 160 valence electrons. The highest BCUT2D eigenvalue weighted by Crippen LogP contribution is 2.19. The predicted molar refractivity (Wildman–Crippen MR) is 108 cm³/mol. The zero-order chi connectivity index (χ0) is 21.4. The molecule has 0 aromatic heterocycles. The summed E-state index contributed by atoms with van der Waals surface area (Å²) in [6.45, 7) is 5.35. The van der Waals surface area contributed by atoms with Crippen molar-refractivity contribution in [3.63, 3.8) is 0 Å². The molecule has 1 heterocycles. The summed E-state index contributed by atoms with van der Waals surface area (Å²) in [5, 5.41) is 14.4. The Balaban J connectivity index is 2.71. The van der Waals surface area contributed by atoms with E-state index in [2.05, 4.69) is 10.6 Å². The van der Waals surface area contributed by atoms with Crippen LogP contribution in [0.4, 0.5) is 0 Å². The molecule has 10 heteroatoms. The standard InChI is InChI=1S/C18H32N4O5S/c1-10(2)14(18(26)27)21-16(24)13-6-5-8-22(13)17(25)11(3)20-15(23)12(19)7-9-28-4/h10-14H,5-9,19H2,1-4H3,(H,20,23)(H,21,24)(H,26,27). The topological polar surface area (TPSA) is 142 Å². The van der Waals surface area contributed by atoms with Crippen molar-refractivity contribution in [3.8, 4) is 0 Å². The van der Waals surface area contributed by atoms with Crippen molar-refractivity contribution >= 4 is 35.5 Å². The van der Waals surface area contributed by atoms with Gasteiger partial charge in [-0.1, -0.05) is 13.8 Å². The molecule has 5 N–H and O–H groups in total. The van der Waals surface area contributed by atoms with E-state index in [9.17, 15) is 24.3 Å². The van der Waals surface area contributed by atoms with Crippen LogP contribution >= 0.6 is 11.8 Å². The molecule has 3 amide bonds. The molecule has 1 rings (SSSR count). The lowest BCUT2D eigenvalue weighted by molar-refractivity contribution is -0.145. The molecule has 28 heavy (non-hydrogen) atoms. The number of aliphatic carboxylic acids is 1. The Bertz CT molecular complexity index is 586. The predicted octanol–water partition coefficient (Wildman–Crippen LogP) is -0.212. The second-order valence-corrected chi connectivity index (χ2v) is 8.36. The molecule has 0 spiro atoms. The average molecular weight is 417 g/mol. The van der Waals surface area contributed by atoms with Crippen molar-refractivity contribution in [3.05, 3.63) is 0 Å². The lowest BCUT2D eigenvalue weighted by Crippen LogP contribution is -2.56. The van der Waals surface area contributed by atoms with Crippen LogP contribution in [0.3, 0.4) is 0 Å². The molecule has 0 aromatic carbocycles. The quantitative estimate of drug-likeness (QED) is 0.386. The Labute approximate surface area is 170 Å². The molecule has 0 saturated carbocycles. The van der Waals surface area contributed by atoms with E-state index in [1.807, 2.05) is 6.26 Å². The number of amides is 3. The summed E-state index contributed by atoms with van der Waals surface area (Å²) in [4.78, 5) is 50.2. The van der Waals surface area contributed by atoms with Gasteiger partial charge in [-0.05, 0) is 44.1 Å². The van der Waals surface area contributed by atoms with Crippen molar-refractivity contribution in [1.29, 1.82) is 0 Å². The van der Waals surface area contributed by atoms with Gasteiger partial charge in [0.05, 0.1) is 6.04 Å². The minimum absolute atomic E-state index is 0.284. The van der Waals surface area contributed by atoms with Crippen LogP contribution in [0, 0.1) is 5.92 Å². The van der Waals surface area contributed by atoms with Gasteiger partial charge >= 0.3 is 5.97 Å². The van der Waals surface area contributed by atoms with Gasteiger partial charge in [0, 0.05) is 6.54 Å². The molecule has 0 bridgehead atoms. The zero-order valence-corrected chi connectivity index (χ0v) is 17.8. The Kier molecular flexibility index (Phi) is 9.74. The van der Waals surface area contributed by atoms with Crippen LogP contribution in [0.2, 0.25) is 0 Å². The number of thioether (sulfide) groups is 1. The molecule has 4 unspecified atom stereocenters. The van der Waals surface area contributed by atoms with Gasteiger partial charge in [0.15, 0.2) is 0 Å². The second kappa shape index (κ2) is 11.3. The molecule has 1 aliphatic heterocycles. The van der Waals surface area contributed by atoms with Crippen molar-refractivity contribution in [2.75, 3.05) is 18.6 Å². The number of rotatable bonds is 10. The van der Waals surface area contributed by atoms with Crippen LogP contribution in [0.25, 0.3) is 0 Å². The third-order valence-electron chi connectivity index (χ3n) is 4.77. The molecule has 0 aromatic rings. The summed E-state index contributed by atoms with van der Waals surface area (Å²) >= 11 is 1.58. The van der Waals surface area contributed by atoms with Crippen LogP contribution in [-0.2, 0) is 19.2 Å². The Morgan fingerprint density at radius 3 is 2.39 bits per heavy atom. The monoisotopic (exact) mass is 416 g/mol. The second-order valence-electron chi connectivity index (χ2n) is 7.38. The number of hydrogen-bond acceptors (Lipinski definition) is 6. The van der Waals surface area contributed by atoms with E-state index in [1.54, 1.807) is 32.5 Å². The van der Waals surface area contributed by atoms with E-state index in [1.165, 1.54) is 4.90 Å². The van der Waals surface area contributed by atoms with Crippen molar-refractivity contribution in [2.45, 2.75) is 64.2 Å². The zero-order valence-electron chi connectivity index (χ0n) is 16.9. The van der Waals surface area contributed by atoms with Crippen LogP contribution < -0.4 is 16.4 Å². The summed E-state index contributed by atoms with van der Waals surface area (Å²) in [6, 6.07) is -3.27. The number of carbonyl (C=O) groups excluding carboxylic acids is 3. The van der Waals surface area contributed by atoms with E-state index in [0.29, 0.717) is 25.8 Å². The van der Waals surface area contributed by atoms with Gasteiger partial charge in [0.2, 0.25) is 17.7 Å². The third-order valence-corrected chi connectivity index (χ3v) is 5.41. The van der Waals surface area contributed by atoms with Gasteiger partial charge in [0.1, 0.15) is 18.1 Å². The molecule has 9 nitrogen and oxygen atoms in total. The Morgan fingerprint density at radius 1 is 1.21 bits per heavy atom. The van der Waals surface area contributed by atoms with Gasteiger partial charge in [-0.2, -0.15) is 11.8 Å². The highest BCUT2D eigenvalue weighted by molar-refractivity contribution is 7.98. The Hall–Kier alpha value is -1.81. The van der Waals surface area contributed by atoms with Crippen LogP contribution in [0.15, 0.2) is 0 Å². The molecular formula is C18H32N4O5S. The fourth-order valence-corrected chi connectivity index (χ4v) is 3.56. The van der Waals surface area contributed by atoms with Crippen LogP contribution in [-0.4, -0.2) is 76.4 Å². The number of nitrogens with zero attached hydrogens (tertiary/aromatic N) is 1. The third kappa shape index (κ3) is 6.66. The number of carboxylic acid groups (broad SMARTS) is 1. The fourth-order valence-electron chi connectivity index (χ4n) is 3.07. The normalized spacial score (nSPS) is 19.8. The van der Waals surface area contributed by atoms with Gasteiger partial charge in [-0.3, -0.25) is 14.4 Å². The maximum absolute atomic E-state index is 12.8. The van der Waals surface area contributed by atoms with E-state index >= 15 is 0 Å².